The standard InChI is InChI=1S/C14H30O3/c1-11(2)12(3)13(4)14(5,6)17-10-9-16-8-7-15/h11-13,15H,7-10H2,1-6H3. The van der Waals surface area contributed by atoms with Crippen molar-refractivity contribution in [2.24, 2.45) is 17.8 Å². The van der Waals surface area contributed by atoms with E-state index in [0.29, 0.717) is 37.6 Å². The molecule has 0 aliphatic carbocycles. The summed E-state index contributed by atoms with van der Waals surface area (Å²) < 4.78 is 11.1. The first kappa shape index (κ1) is 16.9. The molecule has 0 bridgehead atoms. The van der Waals surface area contributed by atoms with Crippen molar-refractivity contribution in [1.82, 2.24) is 0 Å². The van der Waals surface area contributed by atoms with E-state index in [1.54, 1.807) is 0 Å². The van der Waals surface area contributed by atoms with Crippen LogP contribution in [0, 0.1) is 17.8 Å². The van der Waals surface area contributed by atoms with E-state index >= 15 is 0 Å². The van der Waals surface area contributed by atoms with E-state index in [2.05, 4.69) is 41.5 Å². The van der Waals surface area contributed by atoms with Gasteiger partial charge in [-0.15, -0.1) is 0 Å². The largest absolute Gasteiger partial charge is 0.394 e. The van der Waals surface area contributed by atoms with Crippen LogP contribution < -0.4 is 0 Å². The van der Waals surface area contributed by atoms with E-state index in [1.165, 1.54) is 0 Å². The van der Waals surface area contributed by atoms with Crippen molar-refractivity contribution in [2.45, 2.75) is 47.1 Å². The zero-order valence-corrected chi connectivity index (χ0v) is 12.3. The Bertz CT molecular complexity index is 190. The minimum absolute atomic E-state index is 0.0736. The van der Waals surface area contributed by atoms with Gasteiger partial charge in [-0.25, -0.2) is 0 Å². The molecular formula is C14H30O3. The first-order valence-electron chi connectivity index (χ1n) is 6.65. The monoisotopic (exact) mass is 246 g/mol. The first-order chi connectivity index (χ1) is 7.83. The van der Waals surface area contributed by atoms with Gasteiger partial charge in [-0.1, -0.05) is 27.7 Å². The van der Waals surface area contributed by atoms with Gasteiger partial charge in [0.1, 0.15) is 0 Å². The maximum absolute atomic E-state index is 8.58. The third kappa shape index (κ3) is 6.39. The molecule has 0 aromatic rings. The molecule has 0 amide bonds. The van der Waals surface area contributed by atoms with Gasteiger partial charge in [0.25, 0.3) is 0 Å². The maximum atomic E-state index is 8.58. The van der Waals surface area contributed by atoms with Crippen LogP contribution in [0.25, 0.3) is 0 Å². The van der Waals surface area contributed by atoms with Gasteiger partial charge < -0.3 is 14.6 Å². The van der Waals surface area contributed by atoms with Crippen LogP contribution in [0.15, 0.2) is 0 Å². The molecule has 0 saturated carbocycles. The van der Waals surface area contributed by atoms with Crippen LogP contribution in [0.5, 0.6) is 0 Å². The number of rotatable bonds is 9. The Morgan fingerprint density at radius 3 is 2.06 bits per heavy atom. The molecule has 0 aromatic heterocycles. The third-order valence-electron chi connectivity index (χ3n) is 3.87. The normalized spacial score (nSPS) is 16.2. The zero-order valence-electron chi connectivity index (χ0n) is 12.3. The summed E-state index contributed by atoms with van der Waals surface area (Å²) in [6.07, 6.45) is 0. The lowest BCUT2D eigenvalue weighted by molar-refractivity contribution is -0.0925. The van der Waals surface area contributed by atoms with Crippen molar-refractivity contribution in [3.63, 3.8) is 0 Å². The zero-order chi connectivity index (χ0) is 13.5. The molecule has 0 aromatic carbocycles. The average molecular weight is 246 g/mol. The molecule has 0 spiro atoms. The first-order valence-corrected chi connectivity index (χ1v) is 6.65. The molecular weight excluding hydrogens is 216 g/mol. The van der Waals surface area contributed by atoms with Crippen molar-refractivity contribution >= 4 is 0 Å². The molecule has 3 heteroatoms. The Kier molecular flexibility index (Phi) is 8.01. The summed E-state index contributed by atoms with van der Waals surface area (Å²) in [5.41, 5.74) is -0.133. The Labute approximate surface area is 107 Å². The van der Waals surface area contributed by atoms with Crippen LogP contribution >= 0.6 is 0 Å². The third-order valence-corrected chi connectivity index (χ3v) is 3.87. The molecule has 0 heterocycles. The Hall–Kier alpha value is -0.120. The Morgan fingerprint density at radius 1 is 1.00 bits per heavy atom. The van der Waals surface area contributed by atoms with E-state index in [9.17, 15) is 0 Å². The summed E-state index contributed by atoms with van der Waals surface area (Å²) in [4.78, 5) is 0. The number of hydrogen-bond acceptors (Lipinski definition) is 3. The SMILES string of the molecule is CC(C)C(C)C(C)C(C)(C)OCCOCCO. The van der Waals surface area contributed by atoms with Gasteiger partial charge in [0.05, 0.1) is 32.0 Å². The fraction of sp³-hybridized carbons (Fsp3) is 1.00. The molecule has 17 heavy (non-hydrogen) atoms. The minimum Gasteiger partial charge on any atom is -0.394 e. The summed E-state index contributed by atoms with van der Waals surface area (Å²) in [5.74, 6) is 1.79. The second-order valence-electron chi connectivity index (χ2n) is 5.68. The Balaban J connectivity index is 4.00. The quantitative estimate of drug-likeness (QED) is 0.636. The number of aliphatic hydroxyl groups excluding tert-OH is 1. The molecule has 3 nitrogen and oxygen atoms in total. The summed E-state index contributed by atoms with van der Waals surface area (Å²) in [7, 11) is 0. The van der Waals surface area contributed by atoms with Crippen LogP contribution in [0.4, 0.5) is 0 Å². The summed E-state index contributed by atoms with van der Waals surface area (Å²) in [5, 5.41) is 8.58. The lowest BCUT2D eigenvalue weighted by atomic mass is 9.77. The smallest absolute Gasteiger partial charge is 0.0707 e. The fourth-order valence-electron chi connectivity index (χ4n) is 1.87. The van der Waals surface area contributed by atoms with Crippen LogP contribution in [-0.2, 0) is 9.47 Å². The molecule has 1 N–H and O–H groups in total. The van der Waals surface area contributed by atoms with Crippen molar-refractivity contribution in [3.05, 3.63) is 0 Å². The van der Waals surface area contributed by atoms with Gasteiger partial charge >= 0.3 is 0 Å². The molecule has 0 aliphatic heterocycles. The molecule has 0 fully saturated rings. The number of hydrogen-bond donors (Lipinski definition) is 1. The van der Waals surface area contributed by atoms with Gasteiger partial charge in [-0.2, -0.15) is 0 Å². The van der Waals surface area contributed by atoms with E-state index in [1.807, 2.05) is 0 Å². The molecule has 0 aliphatic rings. The second kappa shape index (κ2) is 8.06. The van der Waals surface area contributed by atoms with Gasteiger partial charge in [0, 0.05) is 0 Å². The summed E-state index contributed by atoms with van der Waals surface area (Å²) in [6, 6.07) is 0. The molecule has 0 radical (unpaired) electrons. The second-order valence-corrected chi connectivity index (χ2v) is 5.68. The molecule has 2 unspecified atom stereocenters. The topological polar surface area (TPSA) is 38.7 Å². The summed E-state index contributed by atoms with van der Waals surface area (Å²) in [6.45, 7) is 14.9. The van der Waals surface area contributed by atoms with Crippen LogP contribution in [0.2, 0.25) is 0 Å². The predicted molar refractivity (Wildman–Crippen MR) is 71.1 cm³/mol. The van der Waals surface area contributed by atoms with Gasteiger partial charge in [-0.05, 0) is 31.6 Å². The number of ether oxygens (including phenoxy) is 2. The highest BCUT2D eigenvalue weighted by Crippen LogP contribution is 2.31. The highest BCUT2D eigenvalue weighted by molar-refractivity contribution is 4.81. The average Bonchev–Trinajstić information content (AvgIpc) is 2.26. The minimum atomic E-state index is -0.133. The van der Waals surface area contributed by atoms with E-state index in [4.69, 9.17) is 14.6 Å². The highest BCUT2D eigenvalue weighted by Gasteiger charge is 2.31. The lowest BCUT2D eigenvalue weighted by Crippen LogP contribution is -2.39. The van der Waals surface area contributed by atoms with Gasteiger partial charge in [0.2, 0.25) is 0 Å². The number of aliphatic hydroxyl groups is 1. The van der Waals surface area contributed by atoms with Crippen LogP contribution in [0.1, 0.15) is 41.5 Å². The highest BCUT2D eigenvalue weighted by atomic mass is 16.5. The molecule has 0 rings (SSSR count). The van der Waals surface area contributed by atoms with Crippen LogP contribution in [-0.4, -0.2) is 37.1 Å². The molecule has 0 saturated heterocycles. The van der Waals surface area contributed by atoms with Crippen LogP contribution in [0.3, 0.4) is 0 Å². The lowest BCUT2D eigenvalue weighted by Gasteiger charge is -2.37. The van der Waals surface area contributed by atoms with Crippen molar-refractivity contribution in [3.8, 4) is 0 Å². The molecule has 104 valence electrons. The maximum Gasteiger partial charge on any atom is 0.0707 e. The summed E-state index contributed by atoms with van der Waals surface area (Å²) >= 11 is 0. The van der Waals surface area contributed by atoms with Gasteiger partial charge in [-0.3, -0.25) is 0 Å². The van der Waals surface area contributed by atoms with Crippen molar-refractivity contribution in [1.29, 1.82) is 0 Å². The fourth-order valence-corrected chi connectivity index (χ4v) is 1.87. The van der Waals surface area contributed by atoms with Crippen molar-refractivity contribution < 1.29 is 14.6 Å². The molecule has 2 atom stereocenters. The Morgan fingerprint density at radius 2 is 1.59 bits per heavy atom. The van der Waals surface area contributed by atoms with E-state index < -0.39 is 0 Å². The van der Waals surface area contributed by atoms with E-state index in [0.717, 1.165) is 0 Å². The van der Waals surface area contributed by atoms with Gasteiger partial charge in [0.15, 0.2) is 0 Å². The predicted octanol–water partition coefficient (Wildman–Crippen LogP) is 2.72. The van der Waals surface area contributed by atoms with Crippen molar-refractivity contribution in [2.75, 3.05) is 26.4 Å². The van der Waals surface area contributed by atoms with E-state index in [-0.39, 0.29) is 12.2 Å².